The van der Waals surface area contributed by atoms with Crippen molar-refractivity contribution in [3.63, 3.8) is 0 Å². The summed E-state index contributed by atoms with van der Waals surface area (Å²) in [5.41, 5.74) is 20.6. The molecule has 0 atom stereocenters. The second-order valence-electron chi connectivity index (χ2n) is 5.43. The first-order chi connectivity index (χ1) is 10.4. The molecule has 2 rings (SSSR count). The van der Waals surface area contributed by atoms with Gasteiger partial charge in [-0.1, -0.05) is 0 Å². The van der Waals surface area contributed by atoms with Gasteiger partial charge in [-0.3, -0.25) is 0 Å². The van der Waals surface area contributed by atoms with E-state index in [4.69, 9.17) is 30.1 Å². The van der Waals surface area contributed by atoms with E-state index < -0.39 is 10.2 Å². The molecule has 126 valence electrons. The van der Waals surface area contributed by atoms with Gasteiger partial charge in [0.1, 0.15) is 0 Å². The van der Waals surface area contributed by atoms with Crippen LogP contribution >= 0.6 is 0 Å². The first-order valence-electron chi connectivity index (χ1n) is 6.75. The quantitative estimate of drug-likeness (QED) is 0.637. The van der Waals surface area contributed by atoms with E-state index in [1.165, 1.54) is 11.1 Å². The fourth-order valence-electron chi connectivity index (χ4n) is 2.28. The lowest BCUT2D eigenvalue weighted by atomic mass is 9.95. The van der Waals surface area contributed by atoms with Gasteiger partial charge in [-0.2, -0.15) is 0 Å². The Morgan fingerprint density at radius 2 is 0.783 bits per heavy atom. The van der Waals surface area contributed by atoms with Crippen molar-refractivity contribution in [1.29, 1.82) is 0 Å². The summed E-state index contributed by atoms with van der Waals surface area (Å²) in [6, 6.07) is 8.53. The number of anilines is 2. The number of halogens is 1. The van der Waals surface area contributed by atoms with Gasteiger partial charge in [-0.05, 0) is 85.3 Å². The van der Waals surface area contributed by atoms with Gasteiger partial charge in [0, 0.05) is 11.4 Å². The molecule has 0 heterocycles. The number of hydrogen-bond acceptors (Lipinski definition) is 6. The van der Waals surface area contributed by atoms with E-state index in [-0.39, 0.29) is 0 Å². The third-order valence-electron chi connectivity index (χ3n) is 3.52. The molecule has 0 amide bonds. The molecule has 4 N–H and O–H groups in total. The van der Waals surface area contributed by atoms with Crippen molar-refractivity contribution in [2.45, 2.75) is 27.7 Å². The summed E-state index contributed by atoms with van der Waals surface area (Å²) in [6.45, 7) is 8.18. The molecule has 0 bridgehead atoms. The predicted molar refractivity (Wildman–Crippen MR) is 79.7 cm³/mol. The monoisotopic (exact) mass is 339 g/mol. The highest BCUT2D eigenvalue weighted by Gasteiger charge is 2.07. The van der Waals surface area contributed by atoms with Crippen LogP contribution in [0, 0.1) is 37.9 Å². The molecule has 0 fully saturated rings. The van der Waals surface area contributed by atoms with Crippen molar-refractivity contribution in [3.8, 4) is 11.1 Å². The third-order valence-corrected chi connectivity index (χ3v) is 3.52. The minimum Gasteiger partial charge on any atom is -0.398 e. The first-order valence-corrected chi connectivity index (χ1v) is 7.99. The van der Waals surface area contributed by atoms with Crippen LogP contribution in [0.25, 0.3) is 11.1 Å². The molecule has 6 nitrogen and oxygen atoms in total. The second kappa shape index (κ2) is 7.16. The normalized spacial score (nSPS) is 11.0. The maximum atomic E-state index is 8.49. The second-order valence-corrected chi connectivity index (χ2v) is 6.18. The highest BCUT2D eigenvalue weighted by Crippen LogP contribution is 2.30. The van der Waals surface area contributed by atoms with Gasteiger partial charge < -0.3 is 11.5 Å². The molecule has 0 aliphatic carbocycles. The molecule has 0 saturated heterocycles. The van der Waals surface area contributed by atoms with Crippen LogP contribution in [0.3, 0.4) is 0 Å². The lowest BCUT2D eigenvalue weighted by Crippen LogP contribution is -2.68. The highest BCUT2D eigenvalue weighted by atomic mass is 35.7. The van der Waals surface area contributed by atoms with Crippen LogP contribution in [0.2, 0.25) is 0 Å². The molecule has 0 radical (unpaired) electrons. The Morgan fingerprint density at radius 1 is 0.609 bits per heavy atom. The summed E-state index contributed by atoms with van der Waals surface area (Å²) in [7, 11) is -4.94. The van der Waals surface area contributed by atoms with Crippen molar-refractivity contribution in [2.75, 3.05) is 11.5 Å². The van der Waals surface area contributed by atoms with Crippen LogP contribution in [0.1, 0.15) is 22.3 Å². The fraction of sp³-hybridized carbons (Fsp3) is 0.250. The Morgan fingerprint density at radius 3 is 0.957 bits per heavy atom. The van der Waals surface area contributed by atoms with Gasteiger partial charge >= 0.3 is 0 Å². The summed E-state index contributed by atoms with van der Waals surface area (Å²) < 4.78 is 34.0. The number of hydrogen-bond donors (Lipinski definition) is 2. The third kappa shape index (κ3) is 5.70. The summed E-state index contributed by atoms with van der Waals surface area (Å²) in [5.74, 6) is 0. The average molecular weight is 340 g/mol. The lowest BCUT2D eigenvalue weighted by Gasteiger charge is -2.17. The number of nitrogen functional groups attached to an aromatic ring is 2. The molecular weight excluding hydrogens is 320 g/mol. The molecule has 7 heteroatoms. The van der Waals surface area contributed by atoms with E-state index >= 15 is 0 Å². The van der Waals surface area contributed by atoms with E-state index in [1.54, 1.807) is 0 Å². The molecular formula is C16H20ClN2O4-. The number of nitrogens with two attached hydrogens (primary N) is 2. The molecule has 0 aliphatic heterocycles. The van der Waals surface area contributed by atoms with Crippen molar-refractivity contribution in [2.24, 2.45) is 0 Å². The Bertz CT molecular complexity index is 604. The Hall–Kier alpha value is -1.83. The van der Waals surface area contributed by atoms with Gasteiger partial charge in [0.2, 0.25) is 0 Å². The van der Waals surface area contributed by atoms with Crippen LogP contribution in [-0.4, -0.2) is 0 Å². The van der Waals surface area contributed by atoms with Gasteiger partial charge in [0.25, 0.3) is 0 Å². The van der Waals surface area contributed by atoms with Gasteiger partial charge in [-0.25, -0.2) is 18.6 Å². The van der Waals surface area contributed by atoms with Crippen molar-refractivity contribution in [3.05, 3.63) is 46.5 Å². The highest BCUT2D eigenvalue weighted by molar-refractivity contribution is 5.73. The average Bonchev–Trinajstić information content (AvgIpc) is 2.39. The van der Waals surface area contributed by atoms with Gasteiger partial charge in [-0.15, -0.1) is 10.2 Å². The van der Waals surface area contributed by atoms with E-state index in [1.807, 2.05) is 27.7 Å². The Kier molecular flexibility index (Phi) is 5.98. The van der Waals surface area contributed by atoms with E-state index in [0.29, 0.717) is 0 Å². The maximum Gasteiger partial charge on any atom is 0.0373 e. The largest absolute Gasteiger partial charge is 0.398 e. The summed E-state index contributed by atoms with van der Waals surface area (Å²) in [5, 5.41) is 0. The summed E-state index contributed by atoms with van der Waals surface area (Å²) in [4.78, 5) is 0. The van der Waals surface area contributed by atoms with Crippen molar-refractivity contribution < 1.29 is 28.9 Å². The van der Waals surface area contributed by atoms with Crippen LogP contribution < -0.4 is 30.1 Å². The van der Waals surface area contributed by atoms with Crippen LogP contribution in [0.15, 0.2) is 24.3 Å². The molecule has 0 saturated carbocycles. The van der Waals surface area contributed by atoms with E-state index in [9.17, 15) is 0 Å². The zero-order valence-electron chi connectivity index (χ0n) is 13.5. The molecule has 2 aromatic rings. The minimum atomic E-state index is -4.94. The Labute approximate surface area is 137 Å². The van der Waals surface area contributed by atoms with Gasteiger partial charge in [0.05, 0.1) is 0 Å². The number of benzene rings is 2. The Balaban J connectivity index is 0.000000463. The van der Waals surface area contributed by atoms with Crippen LogP contribution in [0.5, 0.6) is 0 Å². The van der Waals surface area contributed by atoms with Gasteiger partial charge in [0.15, 0.2) is 0 Å². The molecule has 0 aromatic heterocycles. The molecule has 0 aliphatic rings. The molecule has 0 unspecified atom stereocenters. The SMILES string of the molecule is Cc1cc(-c2cc(C)c(N)c(C)c2)cc(C)c1N.[O-][Cl+3]([O-])([O-])[O-]. The predicted octanol–water partition coefficient (Wildman–Crippen LogP) is -1.00. The van der Waals surface area contributed by atoms with Crippen molar-refractivity contribution >= 4 is 11.4 Å². The maximum absolute atomic E-state index is 8.49. The molecule has 23 heavy (non-hydrogen) atoms. The topological polar surface area (TPSA) is 144 Å². The number of aryl methyl sites for hydroxylation is 4. The van der Waals surface area contributed by atoms with E-state index in [0.717, 1.165) is 33.6 Å². The van der Waals surface area contributed by atoms with E-state index in [2.05, 4.69) is 24.3 Å². The fourth-order valence-corrected chi connectivity index (χ4v) is 2.28. The first kappa shape index (κ1) is 19.2. The summed E-state index contributed by atoms with van der Waals surface area (Å²) in [6.07, 6.45) is 0. The zero-order valence-corrected chi connectivity index (χ0v) is 14.2. The zero-order chi connectivity index (χ0) is 17.9. The minimum absolute atomic E-state index is 0.877. The molecule has 0 spiro atoms. The van der Waals surface area contributed by atoms with Crippen molar-refractivity contribution in [1.82, 2.24) is 0 Å². The molecule has 2 aromatic carbocycles. The van der Waals surface area contributed by atoms with Crippen LogP contribution in [-0.2, 0) is 0 Å². The lowest BCUT2D eigenvalue weighted by molar-refractivity contribution is -2.00. The standard InChI is InChI=1S/C16H20N2.ClHO4/c1-9-5-13(6-10(2)15(9)17)14-7-11(3)16(18)12(4)8-14;2-1(3,4)5/h5-8H,17-18H2,1-4H3;(H,2,3,4,5)/p-1. The van der Waals surface area contributed by atoms with Crippen LogP contribution in [0.4, 0.5) is 11.4 Å². The summed E-state index contributed by atoms with van der Waals surface area (Å²) >= 11 is 0. The number of rotatable bonds is 1. The smallest absolute Gasteiger partial charge is 0.0373 e.